The summed E-state index contributed by atoms with van der Waals surface area (Å²) in [6.07, 6.45) is 5.44. The summed E-state index contributed by atoms with van der Waals surface area (Å²) in [6.45, 7) is 4.29. The molecule has 5 heteroatoms. The van der Waals surface area contributed by atoms with Gasteiger partial charge in [-0.25, -0.2) is 0 Å². The topological polar surface area (TPSA) is 55.1 Å². The molecule has 1 saturated heterocycles. The van der Waals surface area contributed by atoms with Gasteiger partial charge in [-0.15, -0.1) is 10.2 Å². The molecule has 1 aliphatic heterocycles. The number of nitrogens with one attached hydrogen (secondary N) is 1. The molecule has 15 heavy (non-hydrogen) atoms. The zero-order valence-corrected chi connectivity index (χ0v) is 8.59. The third-order valence-corrected chi connectivity index (χ3v) is 3.09. The maximum absolute atomic E-state index is 4.26. The number of rotatable bonds is 1. The Labute approximate surface area is 87.5 Å². The predicted molar refractivity (Wildman–Crippen MR) is 55.6 cm³/mol. The van der Waals surface area contributed by atoms with E-state index >= 15 is 0 Å². The highest BCUT2D eigenvalue weighted by Crippen LogP contribution is 2.26. The van der Waals surface area contributed by atoms with E-state index in [-0.39, 0.29) is 0 Å². The molecule has 2 atom stereocenters. The second kappa shape index (κ2) is 3.27. The van der Waals surface area contributed by atoms with Crippen molar-refractivity contribution in [3.05, 3.63) is 24.4 Å². The van der Waals surface area contributed by atoms with Crippen molar-refractivity contribution in [3.8, 4) is 0 Å². The minimum Gasteiger partial charge on any atom is -0.316 e. The predicted octanol–water partition coefficient (Wildman–Crippen LogP) is 0.447. The lowest BCUT2D eigenvalue weighted by Crippen LogP contribution is -2.11. The van der Waals surface area contributed by atoms with Crippen LogP contribution >= 0.6 is 0 Å². The quantitative estimate of drug-likeness (QED) is 0.731. The van der Waals surface area contributed by atoms with Crippen LogP contribution in [-0.2, 0) is 0 Å². The molecule has 0 saturated carbocycles. The molecule has 0 spiro atoms. The highest BCUT2D eigenvalue weighted by Gasteiger charge is 2.28. The van der Waals surface area contributed by atoms with Crippen LogP contribution in [0.2, 0.25) is 0 Å². The first kappa shape index (κ1) is 8.79. The SMILES string of the molecule is CC1CNCC1c1nnc2cnccn12. The Morgan fingerprint density at radius 2 is 2.33 bits per heavy atom. The van der Waals surface area contributed by atoms with Crippen LogP contribution in [0.5, 0.6) is 0 Å². The first-order valence-corrected chi connectivity index (χ1v) is 5.21. The third-order valence-electron chi connectivity index (χ3n) is 3.09. The van der Waals surface area contributed by atoms with Crippen molar-refractivity contribution in [3.63, 3.8) is 0 Å². The number of nitrogens with zero attached hydrogens (tertiary/aromatic N) is 4. The Bertz CT molecular complexity index is 477. The van der Waals surface area contributed by atoms with Crippen LogP contribution in [0.3, 0.4) is 0 Å². The minimum absolute atomic E-state index is 0.461. The lowest BCUT2D eigenvalue weighted by atomic mass is 9.97. The molecule has 2 aromatic heterocycles. The first-order valence-electron chi connectivity index (χ1n) is 5.21. The number of hydrogen-bond donors (Lipinski definition) is 1. The molecule has 0 aromatic carbocycles. The minimum atomic E-state index is 0.461. The van der Waals surface area contributed by atoms with Crippen molar-refractivity contribution >= 4 is 5.65 Å². The molecule has 0 radical (unpaired) electrons. The highest BCUT2D eigenvalue weighted by molar-refractivity contribution is 5.34. The average molecular weight is 203 g/mol. The van der Waals surface area contributed by atoms with Crippen molar-refractivity contribution < 1.29 is 0 Å². The normalized spacial score (nSPS) is 26.2. The fourth-order valence-electron chi connectivity index (χ4n) is 2.18. The van der Waals surface area contributed by atoms with Gasteiger partial charge in [0.05, 0.1) is 6.20 Å². The van der Waals surface area contributed by atoms with Crippen LogP contribution in [-0.4, -0.2) is 32.7 Å². The van der Waals surface area contributed by atoms with Crippen LogP contribution in [0.15, 0.2) is 18.6 Å². The Kier molecular flexibility index (Phi) is 1.92. The zero-order chi connectivity index (χ0) is 10.3. The van der Waals surface area contributed by atoms with Gasteiger partial charge in [-0.1, -0.05) is 6.92 Å². The Hall–Kier alpha value is -1.49. The van der Waals surface area contributed by atoms with E-state index in [0.29, 0.717) is 11.8 Å². The molecule has 2 aromatic rings. The summed E-state index contributed by atoms with van der Waals surface area (Å²) in [6, 6.07) is 0. The molecular weight excluding hydrogens is 190 g/mol. The number of aromatic nitrogens is 4. The van der Waals surface area contributed by atoms with Crippen LogP contribution < -0.4 is 5.32 Å². The number of hydrogen-bond acceptors (Lipinski definition) is 4. The lowest BCUT2D eigenvalue weighted by molar-refractivity contribution is 0.541. The summed E-state index contributed by atoms with van der Waals surface area (Å²) in [7, 11) is 0. The van der Waals surface area contributed by atoms with Gasteiger partial charge in [-0.3, -0.25) is 9.38 Å². The molecule has 1 N–H and O–H groups in total. The van der Waals surface area contributed by atoms with Crippen molar-refractivity contribution in [2.75, 3.05) is 13.1 Å². The second-order valence-corrected chi connectivity index (χ2v) is 4.10. The van der Waals surface area contributed by atoms with Gasteiger partial charge in [0, 0.05) is 24.9 Å². The van der Waals surface area contributed by atoms with Gasteiger partial charge in [-0.05, 0) is 12.5 Å². The van der Waals surface area contributed by atoms with Gasteiger partial charge >= 0.3 is 0 Å². The molecule has 0 amide bonds. The van der Waals surface area contributed by atoms with E-state index < -0.39 is 0 Å². The fraction of sp³-hybridized carbons (Fsp3) is 0.500. The maximum Gasteiger partial charge on any atom is 0.179 e. The molecule has 3 rings (SSSR count). The summed E-state index contributed by atoms with van der Waals surface area (Å²) in [4.78, 5) is 4.03. The van der Waals surface area contributed by atoms with Gasteiger partial charge in [0.1, 0.15) is 5.82 Å². The molecule has 1 fully saturated rings. The van der Waals surface area contributed by atoms with E-state index in [9.17, 15) is 0 Å². The Morgan fingerprint density at radius 1 is 1.40 bits per heavy atom. The summed E-state index contributed by atoms with van der Waals surface area (Å²) in [5.74, 6) is 2.12. The second-order valence-electron chi connectivity index (χ2n) is 4.10. The number of fused-ring (bicyclic) bond motifs is 1. The van der Waals surface area contributed by atoms with E-state index in [2.05, 4.69) is 27.4 Å². The monoisotopic (exact) mass is 203 g/mol. The molecule has 2 unspecified atom stereocenters. The van der Waals surface area contributed by atoms with Gasteiger partial charge in [0.15, 0.2) is 5.65 Å². The van der Waals surface area contributed by atoms with E-state index in [1.165, 1.54) is 0 Å². The van der Waals surface area contributed by atoms with E-state index in [4.69, 9.17) is 0 Å². The molecule has 0 aliphatic carbocycles. The Balaban J connectivity index is 2.10. The first-order chi connectivity index (χ1) is 7.36. The van der Waals surface area contributed by atoms with Crippen LogP contribution in [0, 0.1) is 5.92 Å². The van der Waals surface area contributed by atoms with Crippen molar-refractivity contribution in [1.29, 1.82) is 0 Å². The zero-order valence-electron chi connectivity index (χ0n) is 8.59. The molecule has 78 valence electrons. The largest absolute Gasteiger partial charge is 0.316 e. The van der Waals surface area contributed by atoms with Gasteiger partial charge in [-0.2, -0.15) is 0 Å². The van der Waals surface area contributed by atoms with Crippen molar-refractivity contribution in [1.82, 2.24) is 24.9 Å². The maximum atomic E-state index is 4.26. The van der Waals surface area contributed by atoms with E-state index in [0.717, 1.165) is 24.6 Å². The lowest BCUT2D eigenvalue weighted by Gasteiger charge is -2.11. The van der Waals surface area contributed by atoms with E-state index in [1.807, 2.05) is 10.6 Å². The molecule has 3 heterocycles. The molecule has 5 nitrogen and oxygen atoms in total. The van der Waals surface area contributed by atoms with Crippen LogP contribution in [0.4, 0.5) is 0 Å². The fourth-order valence-corrected chi connectivity index (χ4v) is 2.18. The summed E-state index contributed by atoms with van der Waals surface area (Å²) < 4.78 is 2.03. The van der Waals surface area contributed by atoms with Crippen molar-refractivity contribution in [2.24, 2.45) is 5.92 Å². The van der Waals surface area contributed by atoms with Crippen LogP contribution in [0.25, 0.3) is 5.65 Å². The van der Waals surface area contributed by atoms with Gasteiger partial charge in [0.2, 0.25) is 0 Å². The molecule has 0 bridgehead atoms. The van der Waals surface area contributed by atoms with Crippen molar-refractivity contribution in [2.45, 2.75) is 12.8 Å². The van der Waals surface area contributed by atoms with Gasteiger partial charge < -0.3 is 5.32 Å². The summed E-state index contributed by atoms with van der Waals surface area (Å²) in [5, 5.41) is 11.8. The third kappa shape index (κ3) is 1.31. The summed E-state index contributed by atoms with van der Waals surface area (Å²) in [5.41, 5.74) is 0.826. The summed E-state index contributed by atoms with van der Waals surface area (Å²) >= 11 is 0. The van der Waals surface area contributed by atoms with E-state index in [1.54, 1.807) is 12.4 Å². The average Bonchev–Trinajstić information content (AvgIpc) is 2.83. The van der Waals surface area contributed by atoms with Crippen LogP contribution in [0.1, 0.15) is 18.7 Å². The molecular formula is C10H13N5. The highest BCUT2D eigenvalue weighted by atomic mass is 15.3. The Morgan fingerprint density at radius 3 is 3.13 bits per heavy atom. The molecule has 1 aliphatic rings. The van der Waals surface area contributed by atoms with Gasteiger partial charge in [0.25, 0.3) is 0 Å². The smallest absolute Gasteiger partial charge is 0.179 e. The standard InChI is InChI=1S/C10H13N5/c1-7-4-12-5-8(7)10-14-13-9-6-11-2-3-15(9)10/h2-3,6-8,12H,4-5H2,1H3.